The van der Waals surface area contributed by atoms with Crippen LogP contribution in [0.25, 0.3) is 21.2 Å². The van der Waals surface area contributed by atoms with Gasteiger partial charge in [-0.3, -0.25) is 19.5 Å². The van der Waals surface area contributed by atoms with Gasteiger partial charge in [0.25, 0.3) is 5.91 Å². The molecular weight excluding hydrogens is 478 g/mol. The molecule has 2 aromatic carbocycles. The molecule has 0 saturated heterocycles. The van der Waals surface area contributed by atoms with Crippen molar-refractivity contribution < 1.29 is 23.8 Å². The van der Waals surface area contributed by atoms with Gasteiger partial charge in [-0.2, -0.15) is 0 Å². The third kappa shape index (κ3) is 3.36. The van der Waals surface area contributed by atoms with Gasteiger partial charge in [-0.1, -0.05) is 35.6 Å². The maximum absolute atomic E-state index is 13.8. The minimum atomic E-state index is -0.935. The van der Waals surface area contributed by atoms with Crippen molar-refractivity contribution in [1.29, 1.82) is 0 Å². The van der Waals surface area contributed by atoms with Gasteiger partial charge in [0.05, 0.1) is 28.9 Å². The van der Waals surface area contributed by atoms with E-state index >= 15 is 0 Å². The van der Waals surface area contributed by atoms with Crippen LogP contribution in [0.3, 0.4) is 0 Å². The molecule has 36 heavy (non-hydrogen) atoms. The molecule has 0 spiro atoms. The van der Waals surface area contributed by atoms with Crippen LogP contribution in [-0.2, 0) is 4.79 Å². The zero-order valence-electron chi connectivity index (χ0n) is 19.3. The Bertz CT molecular complexity index is 1700. The molecule has 1 atom stereocenters. The zero-order valence-corrected chi connectivity index (χ0v) is 20.1. The number of aliphatic hydroxyl groups excluding tert-OH is 1. The van der Waals surface area contributed by atoms with Crippen molar-refractivity contribution in [2.75, 3.05) is 12.0 Å². The fourth-order valence-electron chi connectivity index (χ4n) is 4.45. The molecule has 0 saturated carbocycles. The van der Waals surface area contributed by atoms with Crippen LogP contribution in [0.15, 0.2) is 82.7 Å². The second kappa shape index (κ2) is 8.31. The number of pyridine rings is 1. The van der Waals surface area contributed by atoms with Crippen LogP contribution in [0.2, 0.25) is 0 Å². The van der Waals surface area contributed by atoms with Crippen LogP contribution in [0.4, 0.5) is 5.13 Å². The van der Waals surface area contributed by atoms with E-state index in [9.17, 15) is 14.7 Å². The number of anilines is 1. The maximum atomic E-state index is 13.8. The first-order valence-corrected chi connectivity index (χ1v) is 11.9. The Morgan fingerprint density at radius 3 is 2.81 bits per heavy atom. The normalized spacial score (nSPS) is 15.9. The quantitative estimate of drug-likeness (QED) is 0.318. The number of para-hydroxylation sites is 1. The molecule has 0 bridgehead atoms. The molecule has 1 amide bonds. The predicted octanol–water partition coefficient (Wildman–Crippen LogP) is 5.54. The molecule has 8 nitrogen and oxygen atoms in total. The van der Waals surface area contributed by atoms with Crippen LogP contribution < -0.4 is 9.64 Å². The molecule has 6 rings (SSSR count). The number of carbonyl (C=O) groups excluding carboxylic acids is 2. The van der Waals surface area contributed by atoms with Gasteiger partial charge >= 0.3 is 0 Å². The van der Waals surface area contributed by atoms with Crippen molar-refractivity contribution in [1.82, 2.24) is 9.97 Å². The lowest BCUT2D eigenvalue weighted by Gasteiger charge is -2.23. The number of ketones is 1. The van der Waals surface area contributed by atoms with Gasteiger partial charge in [0.1, 0.15) is 0 Å². The molecule has 1 unspecified atom stereocenters. The summed E-state index contributed by atoms with van der Waals surface area (Å²) in [6.07, 6.45) is 3.16. The average molecular weight is 498 g/mol. The maximum Gasteiger partial charge on any atom is 0.296 e. The molecule has 0 aliphatic carbocycles. The van der Waals surface area contributed by atoms with Crippen molar-refractivity contribution in [2.24, 2.45) is 0 Å². The summed E-state index contributed by atoms with van der Waals surface area (Å²) in [6.45, 7) is 1.98. The lowest BCUT2D eigenvalue weighted by atomic mass is 9.96. The highest BCUT2D eigenvalue weighted by Gasteiger charge is 2.46. The van der Waals surface area contributed by atoms with Gasteiger partial charge in [-0.05, 0) is 48.4 Å². The minimum Gasteiger partial charge on any atom is -0.503 e. The first-order valence-electron chi connectivity index (χ1n) is 11.1. The smallest absolute Gasteiger partial charge is 0.296 e. The number of aliphatic hydroxyl groups is 1. The van der Waals surface area contributed by atoms with E-state index in [2.05, 4.69) is 9.97 Å². The largest absolute Gasteiger partial charge is 0.503 e. The van der Waals surface area contributed by atoms with Crippen molar-refractivity contribution in [3.05, 3.63) is 95.2 Å². The van der Waals surface area contributed by atoms with E-state index < -0.39 is 23.5 Å². The molecule has 1 aliphatic heterocycles. The minimum absolute atomic E-state index is 0.0143. The second-order valence-corrected chi connectivity index (χ2v) is 9.42. The van der Waals surface area contributed by atoms with Crippen LogP contribution >= 0.6 is 11.3 Å². The molecule has 1 aliphatic rings. The van der Waals surface area contributed by atoms with Crippen molar-refractivity contribution in [3.63, 3.8) is 0 Å². The van der Waals surface area contributed by atoms with Gasteiger partial charge in [-0.15, -0.1) is 0 Å². The summed E-state index contributed by atoms with van der Waals surface area (Å²) >= 11 is 1.32. The fraction of sp³-hybridized carbons (Fsp3) is 0.111. The lowest BCUT2D eigenvalue weighted by molar-refractivity contribution is -0.117. The summed E-state index contributed by atoms with van der Waals surface area (Å²) in [7, 11) is 1.51. The SMILES string of the molecule is COc1cccc2cc(C(=O)C3=C(O)C(=O)N(c4nc5ccc(C)cc5s4)C3c3cccnc3)oc12. The third-order valence-electron chi connectivity index (χ3n) is 6.14. The van der Waals surface area contributed by atoms with E-state index in [1.54, 1.807) is 48.8 Å². The molecule has 3 aromatic heterocycles. The number of Topliss-reactive ketones (excluding diaryl/α,β-unsaturated/α-hetero) is 1. The highest BCUT2D eigenvalue weighted by Crippen LogP contribution is 2.44. The van der Waals surface area contributed by atoms with Gasteiger partial charge in [0.15, 0.2) is 28.0 Å². The Balaban J connectivity index is 1.50. The number of thiazole rings is 1. The van der Waals surface area contributed by atoms with Crippen LogP contribution in [0.5, 0.6) is 5.75 Å². The van der Waals surface area contributed by atoms with Gasteiger partial charge in [0.2, 0.25) is 5.78 Å². The van der Waals surface area contributed by atoms with Gasteiger partial charge < -0.3 is 14.3 Å². The Hall–Kier alpha value is -4.50. The number of methoxy groups -OCH3 is 1. The van der Waals surface area contributed by atoms with Crippen LogP contribution in [0, 0.1) is 6.92 Å². The summed E-state index contributed by atoms with van der Waals surface area (Å²) in [5.74, 6) is -1.50. The zero-order chi connectivity index (χ0) is 25.0. The Labute approximate surface area is 209 Å². The molecule has 0 fully saturated rings. The molecule has 178 valence electrons. The summed E-state index contributed by atoms with van der Waals surface area (Å²) in [6, 6.07) is 15.2. The number of hydrogen-bond donors (Lipinski definition) is 1. The first-order chi connectivity index (χ1) is 17.5. The lowest BCUT2D eigenvalue weighted by Crippen LogP contribution is -2.31. The number of nitrogens with zero attached hydrogens (tertiary/aromatic N) is 3. The molecule has 4 heterocycles. The molecule has 0 radical (unpaired) electrons. The number of carbonyl (C=O) groups is 2. The van der Waals surface area contributed by atoms with Crippen molar-refractivity contribution in [2.45, 2.75) is 13.0 Å². The van der Waals surface area contributed by atoms with Crippen molar-refractivity contribution in [3.8, 4) is 5.75 Å². The van der Waals surface area contributed by atoms with Crippen LogP contribution in [0.1, 0.15) is 27.7 Å². The monoisotopic (exact) mass is 497 g/mol. The summed E-state index contributed by atoms with van der Waals surface area (Å²) in [4.78, 5) is 37.4. The van der Waals surface area contributed by atoms with Gasteiger partial charge in [0, 0.05) is 17.8 Å². The second-order valence-electron chi connectivity index (χ2n) is 8.41. The van der Waals surface area contributed by atoms with Gasteiger partial charge in [-0.25, -0.2) is 4.98 Å². The molecule has 5 aromatic rings. The highest BCUT2D eigenvalue weighted by atomic mass is 32.1. The standard InChI is InChI=1S/C27H19N3O5S/c1-14-8-9-17-20(11-14)36-27(29-17)30-22(16-6-4-10-28-13-16)21(24(32)26(30)33)23(31)19-12-15-5-3-7-18(34-2)25(15)35-19/h3-13,22,32H,1-2H3. The number of amides is 1. The number of ether oxygens (including phenoxy) is 1. The van der Waals surface area contributed by atoms with Crippen LogP contribution in [-0.4, -0.2) is 33.9 Å². The fourth-order valence-corrected chi connectivity index (χ4v) is 5.54. The summed E-state index contributed by atoms with van der Waals surface area (Å²) in [5.41, 5.74) is 2.65. The number of benzene rings is 2. The molecule has 1 N–H and O–H groups in total. The van der Waals surface area contributed by atoms with E-state index in [4.69, 9.17) is 9.15 Å². The summed E-state index contributed by atoms with van der Waals surface area (Å²) in [5, 5.41) is 12.0. The predicted molar refractivity (Wildman–Crippen MR) is 136 cm³/mol. The number of aryl methyl sites for hydroxylation is 1. The average Bonchev–Trinajstić information content (AvgIpc) is 3.58. The van der Waals surface area contributed by atoms with E-state index in [-0.39, 0.29) is 11.3 Å². The first kappa shape index (κ1) is 22.0. The third-order valence-corrected chi connectivity index (χ3v) is 7.16. The van der Waals surface area contributed by atoms with E-state index in [0.717, 1.165) is 15.8 Å². The Morgan fingerprint density at radius 1 is 1.17 bits per heavy atom. The topological polar surface area (TPSA) is 106 Å². The van der Waals surface area contributed by atoms with Crippen molar-refractivity contribution >= 4 is 49.3 Å². The summed E-state index contributed by atoms with van der Waals surface area (Å²) < 4.78 is 12.1. The Kier molecular flexibility index (Phi) is 5.08. The number of fused-ring (bicyclic) bond motifs is 2. The molecule has 9 heteroatoms. The number of furan rings is 1. The number of aromatic nitrogens is 2. The highest BCUT2D eigenvalue weighted by molar-refractivity contribution is 7.22. The van der Waals surface area contributed by atoms with E-state index in [1.807, 2.05) is 25.1 Å². The number of hydrogen-bond acceptors (Lipinski definition) is 8. The Morgan fingerprint density at radius 2 is 2.03 bits per heavy atom. The molecular formula is C27H19N3O5S. The number of rotatable bonds is 5. The van der Waals surface area contributed by atoms with E-state index in [0.29, 0.717) is 27.4 Å². The van der Waals surface area contributed by atoms with E-state index in [1.165, 1.54) is 23.3 Å².